The van der Waals surface area contributed by atoms with Crippen molar-refractivity contribution in [2.24, 2.45) is 0 Å². The number of halogens is 1. The van der Waals surface area contributed by atoms with Crippen molar-refractivity contribution in [3.63, 3.8) is 0 Å². The predicted molar refractivity (Wildman–Crippen MR) is 31.5 cm³/mol. The first-order chi connectivity index (χ1) is 3.13. The number of rotatable bonds is 2. The fourth-order valence-electron chi connectivity index (χ4n) is 0.375. The molecule has 0 aromatic carbocycles. The zero-order valence-corrected chi connectivity index (χ0v) is 5.70. The maximum absolute atomic E-state index is 5.45. The average molecular weight is 123 g/mol. The largest absolute Gasteiger partial charge is 0.360 e. The third-order valence-electron chi connectivity index (χ3n) is 0.460. The fraction of sp³-hybridized carbons (Fsp3) is 1.00. The van der Waals surface area contributed by atoms with E-state index in [1.54, 1.807) is 0 Å². The van der Waals surface area contributed by atoms with Gasteiger partial charge in [0.15, 0.2) is 0 Å². The molecule has 0 aromatic heterocycles. The number of ether oxygens (including phenoxy) is 1. The maximum atomic E-state index is 5.45. The van der Waals surface area contributed by atoms with Gasteiger partial charge in [-0.25, -0.2) is 0 Å². The number of alkyl halides is 1. The van der Waals surface area contributed by atoms with E-state index in [1.165, 1.54) is 0 Å². The Morgan fingerprint density at radius 1 is 1.29 bits per heavy atom. The van der Waals surface area contributed by atoms with Gasteiger partial charge < -0.3 is 4.74 Å². The monoisotopic (exact) mass is 122 g/mol. The summed E-state index contributed by atoms with van der Waals surface area (Å²) in [5.74, 6) is 0. The second-order valence-electron chi connectivity index (χ2n) is 1.73. The molecular weight excluding hydrogens is 112 g/mol. The summed E-state index contributed by atoms with van der Waals surface area (Å²) in [6, 6.07) is 0. The van der Waals surface area contributed by atoms with Crippen LogP contribution in [0.3, 0.4) is 0 Å². The zero-order valence-electron chi connectivity index (χ0n) is 4.94. The fourth-order valence-corrected chi connectivity index (χ4v) is 0.581. The van der Waals surface area contributed by atoms with Crippen molar-refractivity contribution in [3.05, 3.63) is 0 Å². The minimum Gasteiger partial charge on any atom is -0.360 e. The van der Waals surface area contributed by atoms with E-state index < -0.39 is 0 Å². The van der Waals surface area contributed by atoms with Crippen LogP contribution in [-0.2, 0) is 4.74 Å². The van der Waals surface area contributed by atoms with E-state index in [4.69, 9.17) is 16.3 Å². The van der Waals surface area contributed by atoms with E-state index in [0.29, 0.717) is 0 Å². The molecule has 0 radical (unpaired) electrons. The molecule has 0 aliphatic carbocycles. The van der Waals surface area contributed by atoms with Crippen LogP contribution in [-0.4, -0.2) is 11.7 Å². The molecule has 2 heteroatoms. The normalized spacial score (nSPS) is 15.0. The highest BCUT2D eigenvalue weighted by Gasteiger charge is 1.96. The number of hydrogen-bond acceptors (Lipinski definition) is 1. The van der Waals surface area contributed by atoms with Crippen molar-refractivity contribution in [1.29, 1.82) is 0 Å². The van der Waals surface area contributed by atoms with Crippen molar-refractivity contribution >= 4 is 11.6 Å². The van der Waals surface area contributed by atoms with Crippen LogP contribution < -0.4 is 0 Å². The van der Waals surface area contributed by atoms with Crippen LogP contribution in [0.4, 0.5) is 0 Å². The molecule has 0 N–H and O–H groups in total. The van der Waals surface area contributed by atoms with Crippen molar-refractivity contribution < 1.29 is 4.74 Å². The standard InChI is InChI=1S/C5H11ClO/c1-4(2)7-5(3)6/h4-5H,1-3H3/t5-/m0/s1. The molecule has 0 aliphatic rings. The minimum atomic E-state index is -0.153. The second-order valence-corrected chi connectivity index (χ2v) is 2.34. The molecular formula is C5H11ClO. The smallest absolute Gasteiger partial charge is 0.128 e. The molecule has 0 rings (SSSR count). The molecule has 0 amide bonds. The highest BCUT2D eigenvalue weighted by molar-refractivity contribution is 6.19. The van der Waals surface area contributed by atoms with Gasteiger partial charge >= 0.3 is 0 Å². The van der Waals surface area contributed by atoms with Gasteiger partial charge in [0.05, 0.1) is 6.10 Å². The Balaban J connectivity index is 2.95. The maximum Gasteiger partial charge on any atom is 0.128 e. The summed E-state index contributed by atoms with van der Waals surface area (Å²) in [4.78, 5) is 0. The highest BCUT2D eigenvalue weighted by atomic mass is 35.5. The van der Waals surface area contributed by atoms with Crippen LogP contribution in [0.2, 0.25) is 0 Å². The first-order valence-electron chi connectivity index (χ1n) is 2.42. The lowest BCUT2D eigenvalue weighted by molar-refractivity contribution is 0.0648. The van der Waals surface area contributed by atoms with E-state index >= 15 is 0 Å². The summed E-state index contributed by atoms with van der Waals surface area (Å²) in [5, 5.41) is 0. The molecule has 0 aromatic rings. The van der Waals surface area contributed by atoms with Gasteiger partial charge in [0, 0.05) is 0 Å². The lowest BCUT2D eigenvalue weighted by atomic mass is 10.5. The van der Waals surface area contributed by atoms with E-state index in [-0.39, 0.29) is 11.7 Å². The molecule has 0 bridgehead atoms. The Morgan fingerprint density at radius 3 is 1.71 bits per heavy atom. The SMILES string of the molecule is CC(C)O[C@@H](C)Cl. The first kappa shape index (κ1) is 7.25. The van der Waals surface area contributed by atoms with Crippen molar-refractivity contribution in [3.8, 4) is 0 Å². The van der Waals surface area contributed by atoms with Crippen LogP contribution in [0.25, 0.3) is 0 Å². The Kier molecular flexibility index (Phi) is 3.39. The molecule has 0 saturated heterocycles. The minimum absolute atomic E-state index is 0.153. The van der Waals surface area contributed by atoms with Gasteiger partial charge in [-0.3, -0.25) is 0 Å². The summed E-state index contributed by atoms with van der Waals surface area (Å²) < 4.78 is 5.02. The van der Waals surface area contributed by atoms with Gasteiger partial charge in [0.25, 0.3) is 0 Å². The molecule has 44 valence electrons. The second kappa shape index (κ2) is 3.28. The summed E-state index contributed by atoms with van der Waals surface area (Å²) in [6.45, 7) is 5.72. The van der Waals surface area contributed by atoms with Gasteiger partial charge in [-0.2, -0.15) is 0 Å². The lowest BCUT2D eigenvalue weighted by Crippen LogP contribution is -2.07. The Bertz CT molecular complexity index is 37.3. The molecule has 0 aliphatic heterocycles. The lowest BCUT2D eigenvalue weighted by Gasteiger charge is -2.07. The summed E-state index contributed by atoms with van der Waals surface area (Å²) in [7, 11) is 0. The summed E-state index contributed by atoms with van der Waals surface area (Å²) >= 11 is 5.45. The molecule has 0 unspecified atom stereocenters. The average Bonchev–Trinajstić information content (AvgIpc) is 1.27. The third kappa shape index (κ3) is 6.25. The predicted octanol–water partition coefficient (Wildman–Crippen LogP) is 2.00. The van der Waals surface area contributed by atoms with Crippen LogP contribution in [0, 0.1) is 0 Å². The van der Waals surface area contributed by atoms with Gasteiger partial charge in [-0.05, 0) is 20.8 Å². The molecule has 0 saturated carbocycles. The Labute approximate surface area is 49.6 Å². The van der Waals surface area contributed by atoms with Gasteiger partial charge in [0.2, 0.25) is 0 Å². The van der Waals surface area contributed by atoms with Crippen LogP contribution in [0.15, 0.2) is 0 Å². The summed E-state index contributed by atoms with van der Waals surface area (Å²) in [6.07, 6.45) is 0.243. The first-order valence-corrected chi connectivity index (χ1v) is 2.86. The Morgan fingerprint density at radius 2 is 1.71 bits per heavy atom. The third-order valence-corrected chi connectivity index (χ3v) is 0.563. The van der Waals surface area contributed by atoms with Crippen molar-refractivity contribution in [2.45, 2.75) is 32.4 Å². The van der Waals surface area contributed by atoms with Crippen molar-refractivity contribution in [2.75, 3.05) is 0 Å². The van der Waals surface area contributed by atoms with Crippen LogP contribution >= 0.6 is 11.6 Å². The van der Waals surface area contributed by atoms with Gasteiger partial charge in [-0.1, -0.05) is 11.6 Å². The van der Waals surface area contributed by atoms with Crippen LogP contribution in [0.1, 0.15) is 20.8 Å². The highest BCUT2D eigenvalue weighted by Crippen LogP contribution is 1.99. The summed E-state index contributed by atoms with van der Waals surface area (Å²) in [5.41, 5.74) is -0.153. The van der Waals surface area contributed by atoms with E-state index in [2.05, 4.69) is 0 Å². The molecule has 1 nitrogen and oxygen atoms in total. The molecule has 0 spiro atoms. The zero-order chi connectivity index (χ0) is 5.86. The van der Waals surface area contributed by atoms with E-state index in [0.717, 1.165) is 0 Å². The quantitative estimate of drug-likeness (QED) is 0.509. The van der Waals surface area contributed by atoms with Gasteiger partial charge in [-0.15, -0.1) is 0 Å². The topological polar surface area (TPSA) is 9.23 Å². The van der Waals surface area contributed by atoms with Crippen LogP contribution in [0.5, 0.6) is 0 Å². The van der Waals surface area contributed by atoms with E-state index in [9.17, 15) is 0 Å². The molecule has 7 heavy (non-hydrogen) atoms. The molecule has 1 atom stereocenters. The molecule has 0 fully saturated rings. The molecule has 0 heterocycles. The number of hydrogen-bond donors (Lipinski definition) is 0. The van der Waals surface area contributed by atoms with E-state index in [1.807, 2.05) is 20.8 Å². The van der Waals surface area contributed by atoms with Crippen molar-refractivity contribution in [1.82, 2.24) is 0 Å². The Hall–Kier alpha value is 0.250. The van der Waals surface area contributed by atoms with Gasteiger partial charge in [0.1, 0.15) is 5.56 Å².